The lowest BCUT2D eigenvalue weighted by molar-refractivity contribution is 0.390. The first-order chi connectivity index (χ1) is 11.2. The van der Waals surface area contributed by atoms with Crippen molar-refractivity contribution in [2.24, 2.45) is 4.99 Å². The van der Waals surface area contributed by atoms with E-state index in [9.17, 15) is 0 Å². The predicted octanol–water partition coefficient (Wildman–Crippen LogP) is 4.01. The van der Waals surface area contributed by atoms with Crippen LogP contribution < -0.4 is 20.1 Å². The van der Waals surface area contributed by atoms with Crippen LogP contribution in [0.4, 0.5) is 0 Å². The van der Waals surface area contributed by atoms with Gasteiger partial charge in [0.25, 0.3) is 0 Å². The molecule has 1 aromatic carbocycles. The summed E-state index contributed by atoms with van der Waals surface area (Å²) in [5.41, 5.74) is 1.04. The summed E-state index contributed by atoms with van der Waals surface area (Å²) in [6.07, 6.45) is 0. The Morgan fingerprint density at radius 2 is 1.92 bits per heavy atom. The van der Waals surface area contributed by atoms with Gasteiger partial charge in [0, 0.05) is 40.0 Å². The fourth-order valence-electron chi connectivity index (χ4n) is 2.01. The lowest BCUT2D eigenvalue weighted by Crippen LogP contribution is -2.36. The highest BCUT2D eigenvalue weighted by atomic mass is 127. The number of guanidine groups is 1. The van der Waals surface area contributed by atoms with Crippen molar-refractivity contribution in [2.45, 2.75) is 13.1 Å². The minimum atomic E-state index is 0. The van der Waals surface area contributed by atoms with Crippen LogP contribution in [0.15, 0.2) is 39.1 Å². The molecule has 0 unspecified atom stereocenters. The molecule has 0 saturated carbocycles. The Balaban J connectivity index is 0.00000288. The van der Waals surface area contributed by atoms with Crippen molar-refractivity contribution in [2.75, 3.05) is 21.3 Å². The Morgan fingerprint density at radius 3 is 2.50 bits per heavy atom. The van der Waals surface area contributed by atoms with Crippen molar-refractivity contribution in [3.8, 4) is 11.5 Å². The number of nitrogens with zero attached hydrogens (tertiary/aromatic N) is 1. The van der Waals surface area contributed by atoms with Crippen LogP contribution in [0.25, 0.3) is 0 Å². The smallest absolute Gasteiger partial charge is 0.191 e. The van der Waals surface area contributed by atoms with Crippen LogP contribution in [-0.4, -0.2) is 27.2 Å². The molecular weight excluding hydrogens is 505 g/mol. The Kier molecular flexibility index (Phi) is 9.45. The van der Waals surface area contributed by atoms with Gasteiger partial charge in [-0.05, 0) is 34.1 Å². The van der Waals surface area contributed by atoms with Gasteiger partial charge in [-0.1, -0.05) is 0 Å². The maximum absolute atomic E-state index is 5.40. The van der Waals surface area contributed by atoms with Crippen LogP contribution >= 0.6 is 51.2 Å². The number of thiophene rings is 1. The molecule has 0 aliphatic heterocycles. The second-order valence-corrected chi connectivity index (χ2v) is 6.60. The van der Waals surface area contributed by atoms with Crippen LogP contribution in [0.3, 0.4) is 0 Å². The zero-order valence-electron chi connectivity index (χ0n) is 13.8. The topological polar surface area (TPSA) is 54.9 Å². The average Bonchev–Trinajstić information content (AvgIpc) is 3.00. The Bertz CT molecular complexity index is 679. The summed E-state index contributed by atoms with van der Waals surface area (Å²) in [6, 6.07) is 7.86. The minimum Gasteiger partial charge on any atom is -0.497 e. The van der Waals surface area contributed by atoms with Gasteiger partial charge in [-0.2, -0.15) is 0 Å². The lowest BCUT2D eigenvalue weighted by Gasteiger charge is -2.14. The average molecular weight is 526 g/mol. The zero-order valence-corrected chi connectivity index (χ0v) is 18.5. The van der Waals surface area contributed by atoms with Crippen LogP contribution in [0.2, 0.25) is 0 Å². The van der Waals surface area contributed by atoms with Gasteiger partial charge in [-0.3, -0.25) is 4.99 Å². The summed E-state index contributed by atoms with van der Waals surface area (Å²) < 4.78 is 11.7. The molecule has 0 aliphatic carbocycles. The summed E-state index contributed by atoms with van der Waals surface area (Å²) in [5.74, 6) is 2.30. The summed E-state index contributed by atoms with van der Waals surface area (Å²) >= 11 is 5.16. The molecule has 0 fully saturated rings. The van der Waals surface area contributed by atoms with E-state index in [1.807, 2.05) is 18.2 Å². The fourth-order valence-corrected chi connectivity index (χ4v) is 3.41. The maximum Gasteiger partial charge on any atom is 0.191 e. The Morgan fingerprint density at radius 1 is 1.17 bits per heavy atom. The van der Waals surface area contributed by atoms with E-state index in [0.29, 0.717) is 6.54 Å². The third-order valence-electron chi connectivity index (χ3n) is 3.22. The molecule has 0 spiro atoms. The number of benzene rings is 1. The molecular formula is C16H21BrIN3O2S. The largest absolute Gasteiger partial charge is 0.497 e. The van der Waals surface area contributed by atoms with E-state index in [-0.39, 0.29) is 24.0 Å². The highest BCUT2D eigenvalue weighted by Gasteiger charge is 2.06. The number of ether oxygens (including phenoxy) is 2. The molecule has 8 heteroatoms. The summed E-state index contributed by atoms with van der Waals surface area (Å²) in [4.78, 5) is 5.47. The van der Waals surface area contributed by atoms with E-state index in [1.165, 1.54) is 4.88 Å². The molecule has 1 aromatic heterocycles. The summed E-state index contributed by atoms with van der Waals surface area (Å²) in [7, 11) is 5.05. The molecule has 0 radical (unpaired) electrons. The summed E-state index contributed by atoms with van der Waals surface area (Å²) in [5, 5.41) is 8.64. The maximum atomic E-state index is 5.40. The van der Waals surface area contributed by atoms with Gasteiger partial charge < -0.3 is 20.1 Å². The fraction of sp³-hybridized carbons (Fsp3) is 0.312. The molecule has 2 N–H and O–H groups in total. The van der Waals surface area contributed by atoms with Crippen molar-refractivity contribution in [3.05, 3.63) is 44.6 Å². The lowest BCUT2D eigenvalue weighted by atomic mass is 10.2. The number of methoxy groups -OCH3 is 2. The molecule has 0 aliphatic rings. The molecule has 2 rings (SSSR count). The first-order valence-corrected chi connectivity index (χ1v) is 8.72. The molecule has 24 heavy (non-hydrogen) atoms. The molecule has 2 aromatic rings. The third kappa shape index (κ3) is 6.14. The SMILES string of the molecule is CN=C(NCc1cc(Br)cs1)NCc1ccc(OC)cc1OC.I. The second-order valence-electron chi connectivity index (χ2n) is 4.69. The van der Waals surface area contributed by atoms with Crippen molar-refractivity contribution in [3.63, 3.8) is 0 Å². The van der Waals surface area contributed by atoms with Crippen LogP contribution in [-0.2, 0) is 13.1 Å². The third-order valence-corrected chi connectivity index (χ3v) is 4.91. The normalized spacial score (nSPS) is 10.8. The van der Waals surface area contributed by atoms with E-state index >= 15 is 0 Å². The number of halogens is 2. The highest BCUT2D eigenvalue weighted by Crippen LogP contribution is 2.24. The number of hydrogen-bond acceptors (Lipinski definition) is 4. The zero-order chi connectivity index (χ0) is 16.7. The van der Waals surface area contributed by atoms with Gasteiger partial charge >= 0.3 is 0 Å². The van der Waals surface area contributed by atoms with Crippen molar-refractivity contribution >= 4 is 57.2 Å². The van der Waals surface area contributed by atoms with Crippen LogP contribution in [0, 0.1) is 0 Å². The van der Waals surface area contributed by atoms with E-state index in [2.05, 4.69) is 43.0 Å². The number of rotatable bonds is 6. The molecule has 0 saturated heterocycles. The van der Waals surface area contributed by atoms with Gasteiger partial charge in [0.1, 0.15) is 11.5 Å². The van der Waals surface area contributed by atoms with Crippen molar-refractivity contribution in [1.29, 1.82) is 0 Å². The highest BCUT2D eigenvalue weighted by molar-refractivity contribution is 14.0. The number of aliphatic imine (C=N–C) groups is 1. The molecule has 0 atom stereocenters. The monoisotopic (exact) mass is 525 g/mol. The quantitative estimate of drug-likeness (QED) is 0.340. The van der Waals surface area contributed by atoms with Gasteiger partial charge in [0.2, 0.25) is 0 Å². The van der Waals surface area contributed by atoms with Gasteiger partial charge in [-0.15, -0.1) is 35.3 Å². The molecule has 0 bridgehead atoms. The molecule has 5 nitrogen and oxygen atoms in total. The number of hydrogen-bond donors (Lipinski definition) is 2. The Labute approximate surface area is 172 Å². The van der Waals surface area contributed by atoms with Crippen LogP contribution in [0.5, 0.6) is 11.5 Å². The van der Waals surface area contributed by atoms with E-state index in [4.69, 9.17) is 9.47 Å². The number of nitrogens with one attached hydrogen (secondary N) is 2. The van der Waals surface area contributed by atoms with Crippen molar-refractivity contribution in [1.82, 2.24) is 10.6 Å². The van der Waals surface area contributed by atoms with Crippen LogP contribution in [0.1, 0.15) is 10.4 Å². The van der Waals surface area contributed by atoms with E-state index in [0.717, 1.165) is 34.0 Å². The standard InChI is InChI=1S/C16H20BrN3O2S.HI/c1-18-16(20-9-14-6-12(17)10-23-14)19-8-11-4-5-13(21-2)7-15(11)22-3;/h4-7,10H,8-9H2,1-3H3,(H2,18,19,20);1H. The minimum absolute atomic E-state index is 0. The van der Waals surface area contributed by atoms with Gasteiger partial charge in [0.15, 0.2) is 5.96 Å². The van der Waals surface area contributed by atoms with Crippen molar-refractivity contribution < 1.29 is 9.47 Å². The Hall–Kier alpha value is -1.000. The first-order valence-electron chi connectivity index (χ1n) is 7.04. The summed E-state index contributed by atoms with van der Waals surface area (Å²) in [6.45, 7) is 1.34. The van der Waals surface area contributed by atoms with Gasteiger partial charge in [0.05, 0.1) is 20.8 Å². The first kappa shape index (κ1) is 21.0. The van der Waals surface area contributed by atoms with E-state index < -0.39 is 0 Å². The van der Waals surface area contributed by atoms with Gasteiger partial charge in [-0.25, -0.2) is 0 Å². The molecule has 1 heterocycles. The molecule has 0 amide bonds. The van der Waals surface area contributed by atoms with E-state index in [1.54, 1.807) is 32.6 Å². The molecule has 132 valence electrons. The predicted molar refractivity (Wildman–Crippen MR) is 114 cm³/mol. The second kappa shape index (κ2) is 10.8.